The second-order valence-electron chi connectivity index (χ2n) is 8.80. The fourth-order valence-corrected chi connectivity index (χ4v) is 4.19. The van der Waals surface area contributed by atoms with Gasteiger partial charge in [0.15, 0.2) is 0 Å². The molecule has 7 heteroatoms. The van der Waals surface area contributed by atoms with Crippen molar-refractivity contribution < 1.29 is 18.0 Å². The number of benzene rings is 3. The lowest BCUT2D eigenvalue weighted by atomic mass is 10.1. The summed E-state index contributed by atoms with van der Waals surface area (Å²) in [7, 11) is 0. The SMILES string of the molecule is O=C(c1cccc(C(F)(F)F)c1)N(Cc1ccccc1)Cc1nc2ccccc2n1CC1CC1. The Labute approximate surface area is 195 Å². The van der Waals surface area contributed by atoms with Gasteiger partial charge in [0, 0.05) is 18.7 Å². The molecule has 1 aromatic heterocycles. The van der Waals surface area contributed by atoms with Gasteiger partial charge in [-0.2, -0.15) is 13.2 Å². The number of amides is 1. The lowest BCUT2D eigenvalue weighted by molar-refractivity contribution is -0.137. The fraction of sp³-hybridized carbons (Fsp3) is 0.259. The van der Waals surface area contributed by atoms with E-state index >= 15 is 0 Å². The van der Waals surface area contributed by atoms with Crippen LogP contribution in [0.15, 0.2) is 78.9 Å². The molecule has 0 spiro atoms. The first kappa shape index (κ1) is 22.2. The molecule has 0 saturated heterocycles. The summed E-state index contributed by atoms with van der Waals surface area (Å²) in [5, 5.41) is 0. The second kappa shape index (κ2) is 8.97. The maximum atomic E-state index is 13.5. The summed E-state index contributed by atoms with van der Waals surface area (Å²) < 4.78 is 42.0. The highest BCUT2D eigenvalue weighted by Gasteiger charge is 2.32. The number of hydrogen-bond donors (Lipinski definition) is 0. The van der Waals surface area contributed by atoms with Crippen LogP contribution in [-0.2, 0) is 25.8 Å². The molecule has 0 bridgehead atoms. The molecule has 4 nitrogen and oxygen atoms in total. The van der Waals surface area contributed by atoms with E-state index in [1.165, 1.54) is 25.0 Å². The van der Waals surface area contributed by atoms with E-state index in [9.17, 15) is 18.0 Å². The van der Waals surface area contributed by atoms with Crippen molar-refractivity contribution in [2.24, 2.45) is 5.92 Å². The van der Waals surface area contributed by atoms with Gasteiger partial charge in [-0.3, -0.25) is 4.79 Å². The number of alkyl halides is 3. The zero-order valence-electron chi connectivity index (χ0n) is 18.5. The van der Waals surface area contributed by atoms with Gasteiger partial charge in [-0.1, -0.05) is 48.5 Å². The molecule has 0 unspecified atom stereocenters. The Kier molecular flexibility index (Phi) is 5.86. The lowest BCUT2D eigenvalue weighted by Gasteiger charge is -2.24. The molecule has 0 N–H and O–H groups in total. The number of rotatable bonds is 7. The molecule has 3 aromatic carbocycles. The van der Waals surface area contributed by atoms with Gasteiger partial charge >= 0.3 is 6.18 Å². The average molecular weight is 464 g/mol. The van der Waals surface area contributed by atoms with Gasteiger partial charge in [-0.15, -0.1) is 0 Å². The summed E-state index contributed by atoms with van der Waals surface area (Å²) >= 11 is 0. The number of carbonyl (C=O) groups is 1. The largest absolute Gasteiger partial charge is 0.416 e. The number of halogens is 3. The molecule has 1 heterocycles. The van der Waals surface area contributed by atoms with E-state index in [2.05, 4.69) is 4.57 Å². The Balaban J connectivity index is 1.52. The van der Waals surface area contributed by atoms with Crippen LogP contribution in [0.1, 0.15) is 40.2 Å². The van der Waals surface area contributed by atoms with Crippen molar-refractivity contribution in [3.8, 4) is 0 Å². The Bertz CT molecular complexity index is 1310. The van der Waals surface area contributed by atoms with Gasteiger partial charge in [0.25, 0.3) is 5.91 Å². The fourth-order valence-electron chi connectivity index (χ4n) is 4.19. The van der Waals surface area contributed by atoms with E-state index in [4.69, 9.17) is 4.98 Å². The first-order valence-electron chi connectivity index (χ1n) is 11.3. The number of hydrogen-bond acceptors (Lipinski definition) is 2. The monoisotopic (exact) mass is 463 g/mol. The number of para-hydroxylation sites is 2. The second-order valence-corrected chi connectivity index (χ2v) is 8.80. The minimum atomic E-state index is -4.52. The summed E-state index contributed by atoms with van der Waals surface area (Å²) in [5.41, 5.74) is 1.93. The summed E-state index contributed by atoms with van der Waals surface area (Å²) in [6.45, 7) is 1.29. The van der Waals surface area contributed by atoms with Crippen LogP contribution in [0.5, 0.6) is 0 Å². The first-order chi connectivity index (χ1) is 16.4. The maximum absolute atomic E-state index is 13.5. The molecule has 0 aliphatic heterocycles. The van der Waals surface area contributed by atoms with Crippen molar-refractivity contribution >= 4 is 16.9 Å². The quantitative estimate of drug-likeness (QED) is 0.322. The van der Waals surface area contributed by atoms with E-state index in [-0.39, 0.29) is 18.7 Å². The summed E-state index contributed by atoms with van der Waals surface area (Å²) in [4.78, 5) is 19.9. The number of carbonyl (C=O) groups excluding carboxylic acids is 1. The van der Waals surface area contributed by atoms with Crippen molar-refractivity contribution in [3.63, 3.8) is 0 Å². The maximum Gasteiger partial charge on any atom is 0.416 e. The van der Waals surface area contributed by atoms with Crippen LogP contribution in [0, 0.1) is 5.92 Å². The van der Waals surface area contributed by atoms with E-state index in [0.29, 0.717) is 5.92 Å². The molecule has 34 heavy (non-hydrogen) atoms. The first-order valence-corrected chi connectivity index (χ1v) is 11.3. The molecule has 1 fully saturated rings. The molecular formula is C27H24F3N3O. The molecular weight excluding hydrogens is 439 g/mol. The zero-order chi connectivity index (χ0) is 23.7. The molecule has 0 radical (unpaired) electrons. The minimum absolute atomic E-state index is 0.00982. The van der Waals surface area contributed by atoms with E-state index < -0.39 is 17.6 Å². The van der Waals surface area contributed by atoms with Crippen LogP contribution in [0.3, 0.4) is 0 Å². The van der Waals surface area contributed by atoms with Crippen molar-refractivity contribution in [2.75, 3.05) is 0 Å². The van der Waals surface area contributed by atoms with Crippen molar-refractivity contribution in [3.05, 3.63) is 101 Å². The predicted molar refractivity (Wildman–Crippen MR) is 124 cm³/mol. The number of imidazole rings is 1. The molecule has 1 saturated carbocycles. The topological polar surface area (TPSA) is 38.1 Å². The Morgan fingerprint density at radius 1 is 0.941 bits per heavy atom. The highest BCUT2D eigenvalue weighted by molar-refractivity contribution is 5.94. The Hall–Kier alpha value is -3.61. The van der Waals surface area contributed by atoms with Crippen molar-refractivity contribution in [1.29, 1.82) is 0 Å². The predicted octanol–water partition coefficient (Wildman–Crippen LogP) is 6.31. The summed E-state index contributed by atoms with van der Waals surface area (Å²) in [5.74, 6) is 0.877. The number of fused-ring (bicyclic) bond motifs is 1. The highest BCUT2D eigenvalue weighted by atomic mass is 19.4. The third-order valence-electron chi connectivity index (χ3n) is 6.14. The smallest absolute Gasteiger partial charge is 0.327 e. The van der Waals surface area contributed by atoms with Gasteiger partial charge in [0.2, 0.25) is 0 Å². The van der Waals surface area contributed by atoms with Crippen LogP contribution >= 0.6 is 0 Å². The van der Waals surface area contributed by atoms with Crippen molar-refractivity contribution in [2.45, 2.75) is 38.7 Å². The van der Waals surface area contributed by atoms with Crippen LogP contribution in [0.25, 0.3) is 11.0 Å². The zero-order valence-corrected chi connectivity index (χ0v) is 18.5. The highest BCUT2D eigenvalue weighted by Crippen LogP contribution is 2.33. The normalized spacial score (nSPS) is 13.9. The van der Waals surface area contributed by atoms with Gasteiger partial charge < -0.3 is 9.47 Å². The lowest BCUT2D eigenvalue weighted by Crippen LogP contribution is -2.31. The van der Waals surface area contributed by atoms with Crippen LogP contribution < -0.4 is 0 Å². The van der Waals surface area contributed by atoms with Gasteiger partial charge in [0.05, 0.1) is 23.1 Å². The minimum Gasteiger partial charge on any atom is -0.327 e. The molecule has 4 aromatic rings. The third-order valence-corrected chi connectivity index (χ3v) is 6.14. The molecule has 1 aliphatic carbocycles. The Morgan fingerprint density at radius 2 is 1.68 bits per heavy atom. The standard InChI is InChI=1S/C27H24F3N3O/c28-27(29,30)22-10-6-9-21(15-22)26(34)32(16-19-7-2-1-3-8-19)18-25-31-23-11-4-5-12-24(23)33(25)17-20-13-14-20/h1-12,15,20H,13-14,16-18H2. The summed E-state index contributed by atoms with van der Waals surface area (Å²) in [6, 6.07) is 21.9. The Morgan fingerprint density at radius 3 is 2.41 bits per heavy atom. The number of aromatic nitrogens is 2. The van der Waals surface area contributed by atoms with Gasteiger partial charge in [-0.25, -0.2) is 4.98 Å². The molecule has 5 rings (SSSR count). The molecule has 0 atom stereocenters. The van der Waals surface area contributed by atoms with Crippen LogP contribution in [-0.4, -0.2) is 20.4 Å². The molecule has 1 aliphatic rings. The third kappa shape index (κ3) is 4.83. The molecule has 174 valence electrons. The van der Waals surface area contributed by atoms with E-state index in [1.807, 2.05) is 54.6 Å². The van der Waals surface area contributed by atoms with Crippen LogP contribution in [0.4, 0.5) is 13.2 Å². The average Bonchev–Trinajstić information content (AvgIpc) is 3.60. The number of nitrogens with zero attached hydrogens (tertiary/aromatic N) is 3. The summed E-state index contributed by atoms with van der Waals surface area (Å²) in [6.07, 6.45) is -2.18. The molecule has 1 amide bonds. The van der Waals surface area contributed by atoms with Crippen molar-refractivity contribution in [1.82, 2.24) is 14.5 Å². The van der Waals surface area contributed by atoms with Gasteiger partial charge in [0.1, 0.15) is 5.82 Å². The van der Waals surface area contributed by atoms with E-state index in [0.717, 1.165) is 41.1 Å². The van der Waals surface area contributed by atoms with Gasteiger partial charge in [-0.05, 0) is 54.7 Å². The van der Waals surface area contributed by atoms with Crippen LogP contribution in [0.2, 0.25) is 0 Å². The van der Waals surface area contributed by atoms with E-state index in [1.54, 1.807) is 4.90 Å².